The van der Waals surface area contributed by atoms with E-state index in [-0.39, 0.29) is 10.9 Å². The number of nitrogens with one attached hydrogen (secondary N) is 2. The van der Waals surface area contributed by atoms with Gasteiger partial charge in [0, 0.05) is 23.6 Å². The second kappa shape index (κ2) is 8.09. The quantitative estimate of drug-likeness (QED) is 0.543. The van der Waals surface area contributed by atoms with Gasteiger partial charge in [0.2, 0.25) is 16.0 Å². The van der Waals surface area contributed by atoms with Gasteiger partial charge in [-0.3, -0.25) is 4.99 Å². The second-order valence-corrected chi connectivity index (χ2v) is 9.14. The van der Waals surface area contributed by atoms with Crippen molar-refractivity contribution in [2.24, 2.45) is 10.1 Å². The molecule has 31 heavy (non-hydrogen) atoms. The molecule has 1 aliphatic rings. The molecule has 0 spiro atoms. The van der Waals surface area contributed by atoms with Gasteiger partial charge < -0.3 is 10.6 Å². The molecule has 3 aromatic rings. The van der Waals surface area contributed by atoms with Crippen molar-refractivity contribution >= 4 is 33.0 Å². The largest absolute Gasteiger partial charge is 0.366 e. The molecule has 160 valence electrons. The molecule has 0 bridgehead atoms. The van der Waals surface area contributed by atoms with Crippen LogP contribution < -0.4 is 26.3 Å². The fourth-order valence-electron chi connectivity index (χ4n) is 3.48. The Kier molecular flexibility index (Phi) is 5.47. The van der Waals surface area contributed by atoms with E-state index in [0.29, 0.717) is 29.6 Å². The van der Waals surface area contributed by atoms with Crippen molar-refractivity contribution in [1.82, 2.24) is 9.97 Å². The number of benzene rings is 2. The molecule has 2 aromatic carbocycles. The zero-order valence-corrected chi connectivity index (χ0v) is 18.4. The molecule has 1 unspecified atom stereocenters. The highest BCUT2D eigenvalue weighted by Gasteiger charge is 2.13. The zero-order chi connectivity index (χ0) is 22.2. The molecule has 0 saturated heterocycles. The molecule has 0 fully saturated rings. The van der Waals surface area contributed by atoms with Crippen LogP contribution in [-0.4, -0.2) is 24.4 Å². The average Bonchev–Trinajstić information content (AvgIpc) is 3.00. The molecule has 0 radical (unpaired) electrons. The fourth-order valence-corrected chi connectivity index (χ4v) is 4.29. The predicted octanol–water partition coefficient (Wildman–Crippen LogP) is 1.98. The summed E-state index contributed by atoms with van der Waals surface area (Å²) in [7, 11) is -3.81. The molecule has 1 atom stereocenters. The SMILES string of the molecule is CC1=c2ccc(CNc3ccnc(Nc4ccc(C)c(S(N)(=O)=O)c4)n3)cc2=NC1C. The van der Waals surface area contributed by atoms with E-state index in [1.54, 1.807) is 31.3 Å². The molecular formula is C22H24N6O2S. The van der Waals surface area contributed by atoms with Crippen LogP contribution in [0.4, 0.5) is 17.5 Å². The highest BCUT2D eigenvalue weighted by Crippen LogP contribution is 2.21. The monoisotopic (exact) mass is 436 g/mol. The summed E-state index contributed by atoms with van der Waals surface area (Å²) in [4.78, 5) is 13.4. The number of aryl methyl sites for hydroxylation is 1. The summed E-state index contributed by atoms with van der Waals surface area (Å²) in [6.07, 6.45) is 1.63. The van der Waals surface area contributed by atoms with Crippen molar-refractivity contribution in [2.75, 3.05) is 10.6 Å². The van der Waals surface area contributed by atoms with E-state index in [1.807, 2.05) is 0 Å². The Bertz CT molecular complexity index is 1390. The molecule has 9 heteroatoms. The molecule has 0 saturated carbocycles. The number of primary sulfonamides is 1. The number of aromatic nitrogens is 2. The zero-order valence-electron chi connectivity index (χ0n) is 17.5. The smallest absolute Gasteiger partial charge is 0.238 e. The highest BCUT2D eigenvalue weighted by atomic mass is 32.2. The summed E-state index contributed by atoms with van der Waals surface area (Å²) in [5.41, 5.74) is 3.51. The van der Waals surface area contributed by atoms with E-state index >= 15 is 0 Å². The van der Waals surface area contributed by atoms with E-state index in [4.69, 9.17) is 5.14 Å². The molecule has 4 N–H and O–H groups in total. The van der Waals surface area contributed by atoms with Gasteiger partial charge in [0.25, 0.3) is 0 Å². The number of nitrogens with zero attached hydrogens (tertiary/aromatic N) is 3. The lowest BCUT2D eigenvalue weighted by atomic mass is 10.1. The third-order valence-corrected chi connectivity index (χ3v) is 6.38. The lowest BCUT2D eigenvalue weighted by molar-refractivity contribution is 0.597. The van der Waals surface area contributed by atoms with Gasteiger partial charge in [-0.05, 0) is 61.7 Å². The minimum absolute atomic E-state index is 0.0654. The Hall–Kier alpha value is -3.30. The Morgan fingerprint density at radius 3 is 2.68 bits per heavy atom. The van der Waals surface area contributed by atoms with Gasteiger partial charge in [0.1, 0.15) is 5.82 Å². The number of sulfonamides is 1. The van der Waals surface area contributed by atoms with Crippen LogP contribution in [0.1, 0.15) is 25.0 Å². The van der Waals surface area contributed by atoms with Crippen molar-refractivity contribution in [1.29, 1.82) is 0 Å². The molecular weight excluding hydrogens is 412 g/mol. The first kappa shape index (κ1) is 21.0. The molecule has 0 amide bonds. The molecule has 1 aliphatic heterocycles. The summed E-state index contributed by atoms with van der Waals surface area (Å²) in [5, 5.41) is 13.8. The Morgan fingerprint density at radius 1 is 1.10 bits per heavy atom. The van der Waals surface area contributed by atoms with Crippen molar-refractivity contribution in [2.45, 2.75) is 38.3 Å². The summed E-state index contributed by atoms with van der Waals surface area (Å²) in [6, 6.07) is 13.2. The van der Waals surface area contributed by atoms with Crippen molar-refractivity contribution < 1.29 is 8.42 Å². The average molecular weight is 437 g/mol. The number of nitrogens with two attached hydrogens (primary N) is 1. The second-order valence-electron chi connectivity index (χ2n) is 7.61. The van der Waals surface area contributed by atoms with Crippen LogP contribution in [0, 0.1) is 6.92 Å². The maximum atomic E-state index is 11.7. The number of hydrogen-bond donors (Lipinski definition) is 3. The Balaban J connectivity index is 1.49. The van der Waals surface area contributed by atoms with Crippen LogP contribution in [0.15, 0.2) is 58.5 Å². The van der Waals surface area contributed by atoms with Gasteiger partial charge in [-0.2, -0.15) is 4.98 Å². The van der Waals surface area contributed by atoms with Crippen LogP contribution in [0.25, 0.3) is 5.57 Å². The molecule has 2 heterocycles. The Morgan fingerprint density at radius 2 is 1.90 bits per heavy atom. The lowest BCUT2D eigenvalue weighted by Gasteiger charge is -2.10. The van der Waals surface area contributed by atoms with Crippen molar-refractivity contribution in [3.63, 3.8) is 0 Å². The van der Waals surface area contributed by atoms with Gasteiger partial charge >= 0.3 is 0 Å². The van der Waals surface area contributed by atoms with E-state index < -0.39 is 10.0 Å². The van der Waals surface area contributed by atoms with Crippen molar-refractivity contribution in [3.8, 4) is 0 Å². The minimum atomic E-state index is -3.81. The molecule has 1 aromatic heterocycles. The van der Waals surface area contributed by atoms with E-state index in [0.717, 1.165) is 10.9 Å². The molecule has 8 nitrogen and oxygen atoms in total. The van der Waals surface area contributed by atoms with Crippen LogP contribution in [0.5, 0.6) is 0 Å². The normalized spacial score (nSPS) is 15.4. The topological polar surface area (TPSA) is 122 Å². The summed E-state index contributed by atoms with van der Waals surface area (Å²) in [6.45, 7) is 6.50. The summed E-state index contributed by atoms with van der Waals surface area (Å²) < 4.78 is 23.5. The lowest BCUT2D eigenvalue weighted by Crippen LogP contribution is -2.23. The molecule has 4 rings (SSSR count). The van der Waals surface area contributed by atoms with Crippen LogP contribution in [0.2, 0.25) is 0 Å². The number of fused-ring (bicyclic) bond motifs is 1. The van der Waals surface area contributed by atoms with E-state index in [1.165, 1.54) is 16.9 Å². The number of anilines is 3. The third kappa shape index (κ3) is 4.57. The third-order valence-electron chi connectivity index (χ3n) is 5.33. The van der Waals surface area contributed by atoms with Crippen LogP contribution in [-0.2, 0) is 16.6 Å². The van der Waals surface area contributed by atoms with Gasteiger partial charge in [-0.15, -0.1) is 0 Å². The minimum Gasteiger partial charge on any atom is -0.366 e. The van der Waals surface area contributed by atoms with Crippen LogP contribution in [0.3, 0.4) is 0 Å². The number of hydrogen-bond acceptors (Lipinski definition) is 7. The first-order valence-corrected chi connectivity index (χ1v) is 11.4. The maximum absolute atomic E-state index is 11.7. The van der Waals surface area contributed by atoms with Gasteiger partial charge in [0.05, 0.1) is 16.3 Å². The summed E-state index contributed by atoms with van der Waals surface area (Å²) >= 11 is 0. The summed E-state index contributed by atoms with van der Waals surface area (Å²) in [5.74, 6) is 0.988. The Labute approximate surface area is 181 Å². The first-order chi connectivity index (χ1) is 14.7. The fraction of sp³-hybridized carbons (Fsp3) is 0.227. The van der Waals surface area contributed by atoms with Crippen LogP contribution >= 0.6 is 0 Å². The molecule has 0 aliphatic carbocycles. The maximum Gasteiger partial charge on any atom is 0.238 e. The standard InChI is InChI=1S/C22H24N6O2S/c1-13-4-6-17(11-20(13)31(23,29)30)27-22-24-9-8-21(28-22)25-12-16-5-7-18-14(2)15(3)26-19(18)10-16/h4-11,15H,12H2,1-3H3,(H2,23,29,30)(H2,24,25,27,28). The highest BCUT2D eigenvalue weighted by molar-refractivity contribution is 7.89. The van der Waals surface area contributed by atoms with Crippen molar-refractivity contribution in [3.05, 3.63) is 70.4 Å². The van der Waals surface area contributed by atoms with E-state index in [2.05, 4.69) is 57.6 Å². The van der Waals surface area contributed by atoms with Gasteiger partial charge in [-0.25, -0.2) is 18.5 Å². The van der Waals surface area contributed by atoms with Gasteiger partial charge in [0.15, 0.2) is 0 Å². The first-order valence-electron chi connectivity index (χ1n) is 9.86. The predicted molar refractivity (Wildman–Crippen MR) is 121 cm³/mol. The van der Waals surface area contributed by atoms with Gasteiger partial charge in [-0.1, -0.05) is 18.2 Å². The van der Waals surface area contributed by atoms with E-state index in [9.17, 15) is 8.42 Å². The number of rotatable bonds is 6.